The number of likely N-dealkylation sites (tertiary alicyclic amines) is 1. The quantitative estimate of drug-likeness (QED) is 0.326. The molecule has 4 rings (SSSR count). The summed E-state index contributed by atoms with van der Waals surface area (Å²) in [6, 6.07) is 7.85. The van der Waals surface area contributed by atoms with Crippen molar-refractivity contribution in [2.75, 3.05) is 52.4 Å². The maximum Gasteiger partial charge on any atom is 0.289 e. The van der Waals surface area contributed by atoms with E-state index < -0.39 is 0 Å². The Morgan fingerprint density at radius 3 is 2.69 bits per heavy atom. The molecule has 2 aliphatic heterocycles. The molecule has 1 unspecified atom stereocenters. The van der Waals surface area contributed by atoms with Crippen LogP contribution in [-0.4, -0.2) is 78.9 Å². The monoisotopic (exact) mass is 571 g/mol. The zero-order valence-corrected chi connectivity index (χ0v) is 21.9. The number of hydrogen-bond acceptors (Lipinski definition) is 5. The number of carbonyl (C=O) groups is 1. The van der Waals surface area contributed by atoms with E-state index in [1.165, 1.54) is 24.3 Å². The van der Waals surface area contributed by atoms with Crippen molar-refractivity contribution in [1.82, 2.24) is 20.0 Å². The van der Waals surface area contributed by atoms with Crippen LogP contribution >= 0.6 is 35.3 Å². The molecule has 1 amide bonds. The summed E-state index contributed by atoms with van der Waals surface area (Å²) in [5, 5.41) is 5.61. The first-order valence-electron chi connectivity index (χ1n) is 11.3. The van der Waals surface area contributed by atoms with E-state index in [0.717, 1.165) is 45.2 Å². The van der Waals surface area contributed by atoms with Gasteiger partial charge in [0.1, 0.15) is 0 Å². The number of aliphatic imine (C=N–C) groups is 1. The molecule has 2 saturated heterocycles. The third-order valence-electron chi connectivity index (χ3n) is 6.00. The summed E-state index contributed by atoms with van der Waals surface area (Å²) < 4.78 is 5.26. The summed E-state index contributed by atoms with van der Waals surface area (Å²) in [7, 11) is 0. The van der Waals surface area contributed by atoms with Crippen LogP contribution in [0.25, 0.3) is 0 Å². The van der Waals surface area contributed by atoms with Gasteiger partial charge >= 0.3 is 0 Å². The van der Waals surface area contributed by atoms with Crippen LogP contribution in [0.1, 0.15) is 35.2 Å². The third-order valence-corrected chi connectivity index (χ3v) is 6.86. The van der Waals surface area contributed by atoms with Crippen molar-refractivity contribution in [3.05, 3.63) is 46.5 Å². The van der Waals surface area contributed by atoms with Crippen molar-refractivity contribution in [3.63, 3.8) is 0 Å². The molecular weight excluding hydrogens is 537 g/mol. The van der Waals surface area contributed by atoms with Crippen LogP contribution in [0.2, 0.25) is 0 Å². The molecule has 4 heterocycles. The van der Waals surface area contributed by atoms with Crippen LogP contribution in [0, 0.1) is 5.92 Å². The second kappa shape index (κ2) is 12.6. The van der Waals surface area contributed by atoms with Gasteiger partial charge in [0.25, 0.3) is 5.91 Å². The number of hydrogen-bond donors (Lipinski definition) is 1. The molecule has 0 radical (unpaired) electrons. The van der Waals surface area contributed by atoms with Gasteiger partial charge in [-0.3, -0.25) is 14.7 Å². The Morgan fingerprint density at radius 2 is 2.00 bits per heavy atom. The number of rotatable bonds is 6. The number of guanidine groups is 1. The van der Waals surface area contributed by atoms with Crippen molar-refractivity contribution in [3.8, 4) is 0 Å². The number of piperazine rings is 1. The van der Waals surface area contributed by atoms with Crippen molar-refractivity contribution in [1.29, 1.82) is 0 Å². The average Bonchev–Trinajstić information content (AvgIpc) is 3.51. The highest BCUT2D eigenvalue weighted by Crippen LogP contribution is 2.21. The minimum atomic E-state index is -0.0281. The van der Waals surface area contributed by atoms with Crippen molar-refractivity contribution in [2.24, 2.45) is 10.9 Å². The van der Waals surface area contributed by atoms with E-state index in [2.05, 4.69) is 39.6 Å². The van der Waals surface area contributed by atoms with Gasteiger partial charge in [0.15, 0.2) is 11.7 Å². The lowest BCUT2D eigenvalue weighted by Gasteiger charge is -2.36. The molecule has 0 saturated carbocycles. The lowest BCUT2D eigenvalue weighted by molar-refractivity contribution is 0.0657. The van der Waals surface area contributed by atoms with Gasteiger partial charge in [0, 0.05) is 57.2 Å². The lowest BCUT2D eigenvalue weighted by Crippen LogP contribution is -2.54. The first-order valence-corrected chi connectivity index (χ1v) is 12.2. The molecule has 1 N–H and O–H groups in total. The number of furan rings is 1. The number of halogens is 1. The van der Waals surface area contributed by atoms with Gasteiger partial charge in [0.2, 0.25) is 0 Å². The lowest BCUT2D eigenvalue weighted by atomic mass is 9.98. The van der Waals surface area contributed by atoms with E-state index in [1.807, 2.05) is 16.2 Å². The predicted octanol–water partition coefficient (Wildman–Crippen LogP) is 3.59. The molecule has 0 aromatic carbocycles. The number of piperidine rings is 1. The van der Waals surface area contributed by atoms with Gasteiger partial charge in [0.05, 0.1) is 6.26 Å². The van der Waals surface area contributed by atoms with Gasteiger partial charge < -0.3 is 19.5 Å². The number of amides is 1. The SMILES string of the molecule is CCNC(=NCC1CCCN(Cc2cccs2)C1)N1CCN(C(=O)c2ccco2)CC1.I. The molecule has 0 aliphatic carbocycles. The fourth-order valence-corrected chi connectivity index (χ4v) is 5.13. The highest BCUT2D eigenvalue weighted by Gasteiger charge is 2.26. The van der Waals surface area contributed by atoms with Crippen LogP contribution in [0.5, 0.6) is 0 Å². The Labute approximate surface area is 211 Å². The third kappa shape index (κ3) is 6.71. The second-order valence-corrected chi connectivity index (χ2v) is 9.31. The second-order valence-electron chi connectivity index (χ2n) is 8.27. The fraction of sp³-hybridized carbons (Fsp3) is 0.565. The Bertz CT molecular complexity index is 835. The van der Waals surface area contributed by atoms with E-state index >= 15 is 0 Å². The molecule has 176 valence electrons. The van der Waals surface area contributed by atoms with Crippen LogP contribution in [0.4, 0.5) is 0 Å². The summed E-state index contributed by atoms with van der Waals surface area (Å²) >= 11 is 1.84. The highest BCUT2D eigenvalue weighted by molar-refractivity contribution is 14.0. The summed E-state index contributed by atoms with van der Waals surface area (Å²) in [6.45, 7) is 10.1. The minimum Gasteiger partial charge on any atom is -0.459 e. The topological polar surface area (TPSA) is 64.3 Å². The van der Waals surface area contributed by atoms with Crippen LogP contribution in [0.3, 0.4) is 0 Å². The van der Waals surface area contributed by atoms with Crippen molar-refractivity contribution in [2.45, 2.75) is 26.3 Å². The molecule has 0 bridgehead atoms. The molecule has 2 aromatic heterocycles. The fourth-order valence-electron chi connectivity index (χ4n) is 4.39. The maximum absolute atomic E-state index is 12.5. The maximum atomic E-state index is 12.5. The largest absolute Gasteiger partial charge is 0.459 e. The molecule has 7 nitrogen and oxygen atoms in total. The first-order chi connectivity index (χ1) is 15.2. The molecule has 9 heteroatoms. The van der Waals surface area contributed by atoms with Gasteiger partial charge in [-0.05, 0) is 55.8 Å². The molecule has 0 spiro atoms. The summed E-state index contributed by atoms with van der Waals surface area (Å²) in [5.74, 6) is 1.96. The van der Waals surface area contributed by atoms with Crippen LogP contribution in [-0.2, 0) is 6.54 Å². The first kappa shape index (κ1) is 25.0. The average molecular weight is 572 g/mol. The van der Waals surface area contributed by atoms with E-state index in [1.54, 1.807) is 18.4 Å². The Balaban J connectivity index is 0.00000289. The molecule has 2 aliphatic rings. The normalized spacial score (nSPS) is 20.2. The smallest absolute Gasteiger partial charge is 0.289 e. The van der Waals surface area contributed by atoms with Crippen molar-refractivity contribution < 1.29 is 9.21 Å². The van der Waals surface area contributed by atoms with Crippen LogP contribution in [0.15, 0.2) is 45.3 Å². The molecule has 32 heavy (non-hydrogen) atoms. The molecule has 2 fully saturated rings. The number of thiophene rings is 1. The Hall–Kier alpha value is -1.59. The van der Waals surface area contributed by atoms with Crippen LogP contribution < -0.4 is 5.32 Å². The van der Waals surface area contributed by atoms with Crippen molar-refractivity contribution >= 4 is 47.2 Å². The molecule has 2 aromatic rings. The van der Waals surface area contributed by atoms with Gasteiger partial charge in [-0.2, -0.15) is 0 Å². The number of nitrogens with one attached hydrogen (secondary N) is 1. The molecule has 1 atom stereocenters. The van der Waals surface area contributed by atoms with Gasteiger partial charge in [-0.15, -0.1) is 35.3 Å². The minimum absolute atomic E-state index is 0. The zero-order chi connectivity index (χ0) is 21.5. The standard InChI is InChI=1S/C23H33N5O2S.HI/c1-2-24-23(28-12-10-27(11-13-28)22(29)21-8-4-14-30-21)25-16-19-6-3-9-26(17-19)18-20-7-5-15-31-20;/h4-5,7-8,14-15,19H,2-3,6,9-13,16-18H2,1H3,(H,24,25);1H. The van der Waals surface area contributed by atoms with E-state index in [0.29, 0.717) is 24.8 Å². The number of carbonyl (C=O) groups excluding carboxylic acids is 1. The highest BCUT2D eigenvalue weighted by atomic mass is 127. The molecular formula is C23H34IN5O2S. The van der Waals surface area contributed by atoms with E-state index in [-0.39, 0.29) is 29.9 Å². The zero-order valence-electron chi connectivity index (χ0n) is 18.7. The number of nitrogens with zero attached hydrogens (tertiary/aromatic N) is 4. The Morgan fingerprint density at radius 1 is 1.19 bits per heavy atom. The van der Waals surface area contributed by atoms with E-state index in [4.69, 9.17) is 9.41 Å². The van der Waals surface area contributed by atoms with Gasteiger partial charge in [-0.1, -0.05) is 6.07 Å². The van der Waals surface area contributed by atoms with Gasteiger partial charge in [-0.25, -0.2) is 0 Å². The summed E-state index contributed by atoms with van der Waals surface area (Å²) in [5.41, 5.74) is 0. The summed E-state index contributed by atoms with van der Waals surface area (Å²) in [4.78, 5) is 25.7. The predicted molar refractivity (Wildman–Crippen MR) is 140 cm³/mol. The van der Waals surface area contributed by atoms with E-state index in [9.17, 15) is 4.79 Å². The Kier molecular flexibility index (Phi) is 9.86. The summed E-state index contributed by atoms with van der Waals surface area (Å²) in [6.07, 6.45) is 4.04.